The molecule has 0 aliphatic heterocycles. The van der Waals surface area contributed by atoms with E-state index < -0.39 is 0 Å². The molecule has 100 valence electrons. The van der Waals surface area contributed by atoms with Crippen molar-refractivity contribution in [1.82, 2.24) is 9.97 Å². The molecule has 2 rings (SSSR count). The summed E-state index contributed by atoms with van der Waals surface area (Å²) in [4.78, 5) is 10.5. The SMILES string of the molecule is CCOc1cncc(N(C)c2ccc(CN)cc2)n1. The van der Waals surface area contributed by atoms with Gasteiger partial charge in [0.05, 0.1) is 19.0 Å². The van der Waals surface area contributed by atoms with E-state index in [1.165, 1.54) is 0 Å². The standard InChI is InChI=1S/C14H18N4O/c1-3-19-14-10-16-9-13(17-14)18(2)12-6-4-11(8-15)5-7-12/h4-7,9-10H,3,8,15H2,1-2H3. The van der Waals surface area contributed by atoms with Gasteiger partial charge in [0.1, 0.15) is 0 Å². The maximum atomic E-state index is 5.59. The average Bonchev–Trinajstić information content (AvgIpc) is 2.47. The predicted octanol–water partition coefficient (Wildman–Crippen LogP) is 2.10. The molecule has 0 bridgehead atoms. The van der Waals surface area contributed by atoms with Crippen LogP contribution in [0.1, 0.15) is 12.5 Å². The lowest BCUT2D eigenvalue weighted by Crippen LogP contribution is -2.12. The van der Waals surface area contributed by atoms with Gasteiger partial charge < -0.3 is 15.4 Å². The van der Waals surface area contributed by atoms with Gasteiger partial charge in [0.2, 0.25) is 5.88 Å². The van der Waals surface area contributed by atoms with Crippen molar-refractivity contribution >= 4 is 11.5 Å². The van der Waals surface area contributed by atoms with Crippen molar-refractivity contribution in [2.45, 2.75) is 13.5 Å². The molecule has 0 spiro atoms. The van der Waals surface area contributed by atoms with E-state index in [2.05, 4.69) is 9.97 Å². The summed E-state index contributed by atoms with van der Waals surface area (Å²) in [5, 5.41) is 0. The van der Waals surface area contributed by atoms with Crippen LogP contribution in [0.4, 0.5) is 11.5 Å². The van der Waals surface area contributed by atoms with E-state index in [9.17, 15) is 0 Å². The van der Waals surface area contributed by atoms with Crippen LogP contribution in [-0.4, -0.2) is 23.6 Å². The van der Waals surface area contributed by atoms with Crippen LogP contribution in [0.2, 0.25) is 0 Å². The minimum Gasteiger partial charge on any atom is -0.477 e. The molecule has 0 amide bonds. The van der Waals surface area contributed by atoms with Crippen LogP contribution < -0.4 is 15.4 Å². The number of aromatic nitrogens is 2. The number of hydrogen-bond acceptors (Lipinski definition) is 5. The van der Waals surface area contributed by atoms with Gasteiger partial charge in [0, 0.05) is 19.3 Å². The fourth-order valence-electron chi connectivity index (χ4n) is 1.71. The van der Waals surface area contributed by atoms with Crippen LogP contribution in [0, 0.1) is 0 Å². The maximum absolute atomic E-state index is 5.59. The molecule has 1 aromatic carbocycles. The number of ether oxygens (including phenoxy) is 1. The van der Waals surface area contributed by atoms with Crippen molar-refractivity contribution in [1.29, 1.82) is 0 Å². The fraction of sp³-hybridized carbons (Fsp3) is 0.286. The first-order chi connectivity index (χ1) is 9.24. The first kappa shape index (κ1) is 13.3. The highest BCUT2D eigenvalue weighted by atomic mass is 16.5. The van der Waals surface area contributed by atoms with Gasteiger partial charge in [-0.3, -0.25) is 4.98 Å². The molecule has 2 N–H and O–H groups in total. The van der Waals surface area contributed by atoms with Crippen molar-refractivity contribution in [2.75, 3.05) is 18.6 Å². The van der Waals surface area contributed by atoms with Gasteiger partial charge in [-0.2, -0.15) is 4.98 Å². The number of nitrogens with two attached hydrogens (primary N) is 1. The van der Waals surface area contributed by atoms with Gasteiger partial charge in [-0.15, -0.1) is 0 Å². The summed E-state index contributed by atoms with van der Waals surface area (Å²) < 4.78 is 5.35. The van der Waals surface area contributed by atoms with Crippen molar-refractivity contribution in [3.05, 3.63) is 42.2 Å². The minimum atomic E-state index is 0.533. The molecule has 0 saturated heterocycles. The van der Waals surface area contributed by atoms with E-state index in [0.29, 0.717) is 19.0 Å². The quantitative estimate of drug-likeness (QED) is 0.889. The molecule has 0 saturated carbocycles. The van der Waals surface area contributed by atoms with Crippen LogP contribution in [0.15, 0.2) is 36.7 Å². The summed E-state index contributed by atoms with van der Waals surface area (Å²) in [6.45, 7) is 3.04. The minimum absolute atomic E-state index is 0.533. The Morgan fingerprint density at radius 1 is 1.21 bits per heavy atom. The second-order valence-corrected chi connectivity index (χ2v) is 4.08. The zero-order valence-electron chi connectivity index (χ0n) is 11.2. The largest absolute Gasteiger partial charge is 0.477 e. The van der Waals surface area contributed by atoms with E-state index >= 15 is 0 Å². The highest BCUT2D eigenvalue weighted by Gasteiger charge is 2.07. The van der Waals surface area contributed by atoms with Gasteiger partial charge in [0.15, 0.2) is 5.82 Å². The number of rotatable bonds is 5. The van der Waals surface area contributed by atoms with Crippen LogP contribution in [0.25, 0.3) is 0 Å². The van der Waals surface area contributed by atoms with Crippen molar-refractivity contribution < 1.29 is 4.74 Å². The Morgan fingerprint density at radius 2 is 1.95 bits per heavy atom. The molecule has 2 aromatic rings. The molecule has 5 nitrogen and oxygen atoms in total. The molecule has 1 heterocycles. The summed E-state index contributed by atoms with van der Waals surface area (Å²) in [6.07, 6.45) is 3.32. The Morgan fingerprint density at radius 3 is 2.58 bits per heavy atom. The van der Waals surface area contributed by atoms with Crippen molar-refractivity contribution in [2.24, 2.45) is 5.73 Å². The zero-order chi connectivity index (χ0) is 13.7. The Labute approximate surface area is 113 Å². The monoisotopic (exact) mass is 258 g/mol. The lowest BCUT2D eigenvalue weighted by molar-refractivity contribution is 0.325. The summed E-state index contributed by atoms with van der Waals surface area (Å²) in [5.41, 5.74) is 7.72. The third-order valence-electron chi connectivity index (χ3n) is 2.79. The van der Waals surface area contributed by atoms with E-state index in [1.807, 2.05) is 43.1 Å². The first-order valence-corrected chi connectivity index (χ1v) is 6.22. The van der Waals surface area contributed by atoms with E-state index in [-0.39, 0.29) is 0 Å². The molecule has 0 aliphatic carbocycles. The second kappa shape index (κ2) is 6.15. The third-order valence-corrected chi connectivity index (χ3v) is 2.79. The highest BCUT2D eigenvalue weighted by molar-refractivity contribution is 5.58. The zero-order valence-corrected chi connectivity index (χ0v) is 11.2. The molecular weight excluding hydrogens is 240 g/mol. The van der Waals surface area contributed by atoms with Gasteiger partial charge in [-0.1, -0.05) is 12.1 Å². The Balaban J connectivity index is 2.22. The van der Waals surface area contributed by atoms with Gasteiger partial charge in [-0.05, 0) is 24.6 Å². The molecule has 0 fully saturated rings. The summed E-state index contributed by atoms with van der Waals surface area (Å²) in [5.74, 6) is 1.27. The molecule has 1 aromatic heterocycles. The van der Waals surface area contributed by atoms with Gasteiger partial charge in [0.25, 0.3) is 0 Å². The fourth-order valence-corrected chi connectivity index (χ4v) is 1.71. The van der Waals surface area contributed by atoms with Gasteiger partial charge >= 0.3 is 0 Å². The molecule has 19 heavy (non-hydrogen) atoms. The van der Waals surface area contributed by atoms with Crippen molar-refractivity contribution in [3.8, 4) is 5.88 Å². The molecule has 0 radical (unpaired) electrons. The smallest absolute Gasteiger partial charge is 0.234 e. The van der Waals surface area contributed by atoms with Crippen LogP contribution >= 0.6 is 0 Å². The lowest BCUT2D eigenvalue weighted by Gasteiger charge is -2.18. The van der Waals surface area contributed by atoms with E-state index in [4.69, 9.17) is 10.5 Å². The van der Waals surface area contributed by atoms with Crippen LogP contribution in [0.3, 0.4) is 0 Å². The van der Waals surface area contributed by atoms with Gasteiger partial charge in [-0.25, -0.2) is 0 Å². The number of nitrogens with zero attached hydrogens (tertiary/aromatic N) is 3. The summed E-state index contributed by atoms with van der Waals surface area (Å²) >= 11 is 0. The molecule has 0 unspecified atom stereocenters. The van der Waals surface area contributed by atoms with Crippen LogP contribution in [-0.2, 0) is 6.54 Å². The number of anilines is 2. The van der Waals surface area contributed by atoms with Crippen LogP contribution in [0.5, 0.6) is 5.88 Å². The predicted molar refractivity (Wildman–Crippen MR) is 75.6 cm³/mol. The average molecular weight is 258 g/mol. The van der Waals surface area contributed by atoms with E-state index in [0.717, 1.165) is 17.1 Å². The van der Waals surface area contributed by atoms with Crippen molar-refractivity contribution in [3.63, 3.8) is 0 Å². The molecule has 0 aliphatic rings. The lowest BCUT2D eigenvalue weighted by atomic mass is 10.2. The number of hydrogen-bond donors (Lipinski definition) is 1. The summed E-state index contributed by atoms with van der Waals surface area (Å²) in [6, 6.07) is 8.03. The highest BCUT2D eigenvalue weighted by Crippen LogP contribution is 2.22. The Hall–Kier alpha value is -2.14. The second-order valence-electron chi connectivity index (χ2n) is 4.08. The van der Waals surface area contributed by atoms with E-state index in [1.54, 1.807) is 12.4 Å². The number of benzene rings is 1. The Kier molecular flexibility index (Phi) is 4.30. The molecular formula is C14H18N4O. The molecule has 5 heteroatoms. The topological polar surface area (TPSA) is 64.3 Å². The normalized spacial score (nSPS) is 10.3. The third kappa shape index (κ3) is 3.20. The molecule has 0 atom stereocenters. The Bertz CT molecular complexity index is 527. The summed E-state index contributed by atoms with van der Waals surface area (Å²) in [7, 11) is 1.94. The maximum Gasteiger partial charge on any atom is 0.234 e. The first-order valence-electron chi connectivity index (χ1n) is 6.22.